The summed E-state index contributed by atoms with van der Waals surface area (Å²) in [6, 6.07) is 7.16. The Labute approximate surface area is 130 Å². The molecule has 0 saturated carbocycles. The predicted molar refractivity (Wildman–Crippen MR) is 81.1 cm³/mol. The third-order valence-corrected chi connectivity index (χ3v) is 3.23. The normalized spacial score (nSPS) is 11.5. The van der Waals surface area contributed by atoms with E-state index < -0.39 is 15.9 Å². The molecule has 0 unspecified atom stereocenters. The van der Waals surface area contributed by atoms with Crippen LogP contribution in [0.25, 0.3) is 11.1 Å². The zero-order valence-electron chi connectivity index (χ0n) is 11.9. The van der Waals surface area contributed by atoms with E-state index in [0.717, 1.165) is 11.1 Å². The number of carbonyl (C=O) groups excluding carboxylic acids is 1. The molecule has 0 aliphatic carbocycles. The van der Waals surface area contributed by atoms with Gasteiger partial charge < -0.3 is 4.42 Å². The van der Waals surface area contributed by atoms with Crippen LogP contribution < -0.4 is 10.0 Å². The minimum absolute atomic E-state index is 0.0298. The fourth-order valence-corrected chi connectivity index (χ4v) is 2.30. The molecule has 120 valence electrons. The van der Waals surface area contributed by atoms with Gasteiger partial charge in [-0.05, 0) is 12.1 Å². The van der Waals surface area contributed by atoms with Gasteiger partial charge in [0.25, 0.3) is 5.91 Å². The van der Waals surface area contributed by atoms with Crippen LogP contribution in [0.4, 0.5) is 11.8 Å². The van der Waals surface area contributed by atoms with Crippen LogP contribution in [-0.4, -0.2) is 40.6 Å². The molecular weight excluding hydrogens is 324 g/mol. The van der Waals surface area contributed by atoms with Crippen LogP contribution in [0, 0.1) is 0 Å². The number of para-hydroxylation sites is 2. The number of aromatic nitrogens is 4. The lowest BCUT2D eigenvalue weighted by atomic mass is 10.3. The quantitative estimate of drug-likeness (QED) is 0.690. The van der Waals surface area contributed by atoms with E-state index in [-0.39, 0.29) is 18.4 Å². The second-order valence-corrected chi connectivity index (χ2v) is 6.42. The summed E-state index contributed by atoms with van der Waals surface area (Å²) in [5.41, 5.74) is 1.18. The molecule has 2 heterocycles. The van der Waals surface area contributed by atoms with E-state index in [2.05, 4.69) is 25.2 Å². The zero-order valence-corrected chi connectivity index (χ0v) is 12.7. The molecule has 2 aromatic heterocycles. The molecular formula is C12H12N6O4S. The molecule has 0 aliphatic heterocycles. The number of sulfonamides is 1. The van der Waals surface area contributed by atoms with Crippen LogP contribution >= 0.6 is 0 Å². The average molecular weight is 336 g/mol. The van der Waals surface area contributed by atoms with Gasteiger partial charge in [0.15, 0.2) is 11.4 Å². The van der Waals surface area contributed by atoms with Gasteiger partial charge in [-0.25, -0.2) is 8.42 Å². The Bertz CT molecular complexity index is 928. The van der Waals surface area contributed by atoms with Crippen molar-refractivity contribution < 1.29 is 17.6 Å². The molecule has 0 spiro atoms. The molecule has 1 aromatic carbocycles. The third-order valence-electron chi connectivity index (χ3n) is 2.65. The van der Waals surface area contributed by atoms with Crippen LogP contribution in [0.2, 0.25) is 0 Å². The van der Waals surface area contributed by atoms with Gasteiger partial charge in [0.05, 0.1) is 12.5 Å². The van der Waals surface area contributed by atoms with Gasteiger partial charge >= 0.3 is 6.01 Å². The summed E-state index contributed by atoms with van der Waals surface area (Å²) in [5.74, 6) is -0.430. The van der Waals surface area contributed by atoms with Crippen molar-refractivity contribution in [3.63, 3.8) is 0 Å². The first-order valence-electron chi connectivity index (χ1n) is 6.42. The van der Waals surface area contributed by atoms with E-state index in [1.807, 2.05) is 0 Å². The largest absolute Gasteiger partial charge is 0.423 e. The van der Waals surface area contributed by atoms with Gasteiger partial charge in [0, 0.05) is 0 Å². The zero-order chi connectivity index (χ0) is 16.4. The Balaban J connectivity index is 1.65. The van der Waals surface area contributed by atoms with Crippen molar-refractivity contribution in [2.75, 3.05) is 16.3 Å². The fourth-order valence-electron chi connectivity index (χ4n) is 1.82. The molecule has 0 aliphatic rings. The lowest BCUT2D eigenvalue weighted by molar-refractivity contribution is -0.117. The molecule has 3 aromatic rings. The number of benzene rings is 1. The third kappa shape index (κ3) is 3.83. The summed E-state index contributed by atoms with van der Waals surface area (Å²) in [5, 5.41) is 10.1. The van der Waals surface area contributed by atoms with Crippen molar-refractivity contribution in [1.82, 2.24) is 20.0 Å². The van der Waals surface area contributed by atoms with Crippen molar-refractivity contribution in [2.24, 2.45) is 0 Å². The van der Waals surface area contributed by atoms with E-state index >= 15 is 0 Å². The second-order valence-electron chi connectivity index (χ2n) is 4.67. The number of fused-ring (bicyclic) bond motifs is 1. The van der Waals surface area contributed by atoms with Crippen LogP contribution in [-0.2, 0) is 21.4 Å². The fraction of sp³-hybridized carbons (Fsp3) is 0.167. The molecule has 11 heteroatoms. The molecule has 23 heavy (non-hydrogen) atoms. The van der Waals surface area contributed by atoms with Crippen molar-refractivity contribution >= 4 is 38.9 Å². The number of nitrogens with zero attached hydrogens (tertiary/aromatic N) is 4. The van der Waals surface area contributed by atoms with E-state index in [1.165, 1.54) is 6.20 Å². The lowest BCUT2D eigenvalue weighted by Gasteiger charge is -2.00. The number of nitrogens with one attached hydrogen (secondary N) is 2. The molecule has 0 saturated heterocycles. The highest BCUT2D eigenvalue weighted by Gasteiger charge is 2.12. The Hall–Kier alpha value is -2.95. The van der Waals surface area contributed by atoms with Crippen LogP contribution in [0.3, 0.4) is 0 Å². The molecule has 1 amide bonds. The maximum Gasteiger partial charge on any atom is 0.302 e. The average Bonchev–Trinajstić information content (AvgIpc) is 3.02. The highest BCUT2D eigenvalue weighted by Crippen LogP contribution is 2.17. The van der Waals surface area contributed by atoms with Crippen molar-refractivity contribution in [1.29, 1.82) is 0 Å². The van der Waals surface area contributed by atoms with Gasteiger partial charge in [0.2, 0.25) is 10.0 Å². The highest BCUT2D eigenvalue weighted by atomic mass is 32.2. The molecule has 0 bridgehead atoms. The SMILES string of the molecule is CS(=O)(=O)Nc1cnn(CC(=O)Nc2nc3ccccc3o2)n1. The first kappa shape index (κ1) is 15.0. The van der Waals surface area contributed by atoms with Crippen molar-refractivity contribution in [2.45, 2.75) is 6.54 Å². The topological polar surface area (TPSA) is 132 Å². The van der Waals surface area contributed by atoms with Crippen LogP contribution in [0.5, 0.6) is 0 Å². The van der Waals surface area contributed by atoms with Crippen LogP contribution in [0.15, 0.2) is 34.9 Å². The number of oxazole rings is 1. The minimum Gasteiger partial charge on any atom is -0.423 e. The predicted octanol–water partition coefficient (Wildman–Crippen LogP) is 0.429. The van der Waals surface area contributed by atoms with Gasteiger partial charge in [-0.2, -0.15) is 14.9 Å². The maximum atomic E-state index is 11.9. The first-order chi connectivity index (χ1) is 10.9. The summed E-state index contributed by atoms with van der Waals surface area (Å²) in [6.07, 6.45) is 2.19. The Kier molecular flexibility index (Phi) is 3.70. The summed E-state index contributed by atoms with van der Waals surface area (Å²) in [4.78, 5) is 17.1. The number of amides is 1. The second kappa shape index (κ2) is 5.68. The number of hydrogen-bond donors (Lipinski definition) is 2. The van der Waals surface area contributed by atoms with Crippen molar-refractivity contribution in [3.05, 3.63) is 30.5 Å². The van der Waals surface area contributed by atoms with E-state index in [4.69, 9.17) is 4.42 Å². The number of anilines is 2. The Morgan fingerprint density at radius 1 is 1.35 bits per heavy atom. The van der Waals surface area contributed by atoms with E-state index in [1.54, 1.807) is 24.3 Å². The number of carbonyl (C=O) groups is 1. The van der Waals surface area contributed by atoms with Crippen LogP contribution in [0.1, 0.15) is 0 Å². The number of rotatable bonds is 5. The van der Waals surface area contributed by atoms with Crippen molar-refractivity contribution in [3.8, 4) is 0 Å². The molecule has 3 rings (SSSR count). The Morgan fingerprint density at radius 3 is 2.87 bits per heavy atom. The highest BCUT2D eigenvalue weighted by molar-refractivity contribution is 7.92. The maximum absolute atomic E-state index is 11.9. The van der Waals surface area contributed by atoms with Gasteiger partial charge in [-0.1, -0.05) is 12.1 Å². The summed E-state index contributed by atoms with van der Waals surface area (Å²) < 4.78 is 29.7. The summed E-state index contributed by atoms with van der Waals surface area (Å²) in [7, 11) is -3.45. The van der Waals surface area contributed by atoms with E-state index in [0.29, 0.717) is 11.1 Å². The monoisotopic (exact) mass is 336 g/mol. The lowest BCUT2D eigenvalue weighted by Crippen LogP contribution is -2.20. The molecule has 0 fully saturated rings. The molecule has 10 nitrogen and oxygen atoms in total. The molecule has 0 atom stereocenters. The standard InChI is InChI=1S/C12H12N6O4S/c1-23(20,21)17-10-6-13-18(16-10)7-11(19)15-12-14-8-4-2-3-5-9(8)22-12/h2-6H,7H2,1H3,(H,16,17)(H,14,15,19). The Morgan fingerprint density at radius 2 is 2.13 bits per heavy atom. The first-order valence-corrected chi connectivity index (χ1v) is 8.31. The number of hydrogen-bond acceptors (Lipinski definition) is 7. The van der Waals surface area contributed by atoms with Gasteiger partial charge in [0.1, 0.15) is 12.1 Å². The van der Waals surface area contributed by atoms with Gasteiger partial charge in [-0.15, -0.1) is 5.10 Å². The summed E-state index contributed by atoms with van der Waals surface area (Å²) in [6.45, 7) is -0.218. The minimum atomic E-state index is -3.45. The van der Waals surface area contributed by atoms with Gasteiger partial charge in [-0.3, -0.25) is 14.8 Å². The van der Waals surface area contributed by atoms with E-state index in [9.17, 15) is 13.2 Å². The molecule has 2 N–H and O–H groups in total. The summed E-state index contributed by atoms with van der Waals surface area (Å²) >= 11 is 0. The molecule has 0 radical (unpaired) electrons. The smallest absolute Gasteiger partial charge is 0.302 e.